The van der Waals surface area contributed by atoms with Gasteiger partial charge in [0.1, 0.15) is 0 Å². The minimum atomic E-state index is 0.822. The van der Waals surface area contributed by atoms with E-state index in [-0.39, 0.29) is 0 Å². The fourth-order valence-electron chi connectivity index (χ4n) is 2.70. The summed E-state index contributed by atoms with van der Waals surface area (Å²) >= 11 is 0. The second-order valence-electron chi connectivity index (χ2n) is 5.01. The summed E-state index contributed by atoms with van der Waals surface area (Å²) in [6.07, 6.45) is 13.5. The maximum Gasteiger partial charge on any atom is 0.188 e. The Morgan fingerprint density at radius 2 is 2.00 bits per heavy atom. The number of allylic oxidation sites excluding steroid dienone is 2. The summed E-state index contributed by atoms with van der Waals surface area (Å²) in [7, 11) is 0. The lowest BCUT2D eigenvalue weighted by atomic mass is 10.2. The average Bonchev–Trinajstić information content (AvgIpc) is 3.26. The molecule has 4 heteroatoms. The molecule has 0 saturated heterocycles. The molecule has 104 valence electrons. The van der Waals surface area contributed by atoms with E-state index >= 15 is 0 Å². The molecule has 3 heterocycles. The highest BCUT2D eigenvalue weighted by molar-refractivity contribution is 5.84. The molecule has 22 heavy (non-hydrogen) atoms. The SMILES string of the molecule is N#Cn1ccc(-n2ccc3ccccc32)c1/C=C1\C=CC=N1. The minimum Gasteiger partial charge on any atom is -0.314 e. The number of aromatic nitrogens is 2. The van der Waals surface area contributed by atoms with E-state index in [1.165, 1.54) is 5.39 Å². The molecule has 0 spiro atoms. The number of para-hydroxylation sites is 1. The van der Waals surface area contributed by atoms with Gasteiger partial charge in [-0.2, -0.15) is 5.26 Å². The molecule has 1 aliphatic heterocycles. The molecule has 0 saturated carbocycles. The molecule has 2 aromatic heterocycles. The van der Waals surface area contributed by atoms with Gasteiger partial charge in [-0.05, 0) is 41.8 Å². The quantitative estimate of drug-likeness (QED) is 0.707. The molecule has 1 aromatic carbocycles. The van der Waals surface area contributed by atoms with Crippen molar-refractivity contribution in [2.24, 2.45) is 4.99 Å². The second-order valence-corrected chi connectivity index (χ2v) is 5.01. The third-order valence-electron chi connectivity index (χ3n) is 3.73. The maximum atomic E-state index is 9.33. The van der Waals surface area contributed by atoms with Crippen LogP contribution in [0.5, 0.6) is 0 Å². The van der Waals surface area contributed by atoms with Crippen LogP contribution in [0.1, 0.15) is 5.69 Å². The Morgan fingerprint density at radius 3 is 2.82 bits per heavy atom. The molecular formula is C18H12N4. The standard InChI is InChI=1S/C18H12N4/c19-13-21-10-8-17(18(21)12-15-5-3-9-20-15)22-11-7-14-4-1-2-6-16(14)22/h1-12H/b15-12+. The van der Waals surface area contributed by atoms with Crippen molar-refractivity contribution in [1.29, 1.82) is 5.26 Å². The molecule has 0 radical (unpaired) electrons. The number of rotatable bonds is 2. The zero-order chi connectivity index (χ0) is 14.9. The smallest absolute Gasteiger partial charge is 0.188 e. The number of benzene rings is 1. The van der Waals surface area contributed by atoms with Gasteiger partial charge in [0.2, 0.25) is 0 Å². The van der Waals surface area contributed by atoms with Crippen molar-refractivity contribution in [3.05, 3.63) is 72.3 Å². The minimum absolute atomic E-state index is 0.822. The molecule has 0 amide bonds. The zero-order valence-electron chi connectivity index (χ0n) is 11.7. The van der Waals surface area contributed by atoms with Gasteiger partial charge in [-0.25, -0.2) is 0 Å². The van der Waals surface area contributed by atoms with Crippen LogP contribution in [-0.4, -0.2) is 15.3 Å². The second kappa shape index (κ2) is 4.90. The molecule has 0 unspecified atom stereocenters. The fraction of sp³-hybridized carbons (Fsp3) is 0. The van der Waals surface area contributed by atoms with Gasteiger partial charge < -0.3 is 4.57 Å². The molecule has 0 aliphatic carbocycles. The predicted molar refractivity (Wildman–Crippen MR) is 87.9 cm³/mol. The van der Waals surface area contributed by atoms with E-state index in [1.54, 1.807) is 17.0 Å². The first kappa shape index (κ1) is 12.4. The first-order chi connectivity index (χ1) is 10.9. The molecule has 0 N–H and O–H groups in total. The molecule has 1 aliphatic rings. The topological polar surface area (TPSA) is 46.0 Å². The Morgan fingerprint density at radius 1 is 1.09 bits per heavy atom. The van der Waals surface area contributed by atoms with E-state index in [1.807, 2.05) is 42.6 Å². The monoisotopic (exact) mass is 284 g/mol. The van der Waals surface area contributed by atoms with Gasteiger partial charge in [-0.15, -0.1) is 0 Å². The summed E-state index contributed by atoms with van der Waals surface area (Å²) in [5, 5.41) is 10.5. The molecule has 4 nitrogen and oxygen atoms in total. The third-order valence-corrected chi connectivity index (χ3v) is 3.73. The summed E-state index contributed by atoms with van der Waals surface area (Å²) in [5.74, 6) is 0. The lowest BCUT2D eigenvalue weighted by molar-refractivity contribution is 1.05. The van der Waals surface area contributed by atoms with Crippen LogP contribution in [-0.2, 0) is 0 Å². The van der Waals surface area contributed by atoms with Crippen LogP contribution in [0.25, 0.3) is 22.7 Å². The number of nitriles is 1. The third kappa shape index (κ3) is 1.88. The van der Waals surface area contributed by atoms with Crippen molar-refractivity contribution in [3.8, 4) is 11.9 Å². The Hall–Kier alpha value is -3.32. The lowest BCUT2D eigenvalue weighted by Crippen LogP contribution is -1.97. The highest BCUT2D eigenvalue weighted by Crippen LogP contribution is 2.25. The first-order valence-electron chi connectivity index (χ1n) is 6.97. The Bertz CT molecular complexity index is 976. The van der Waals surface area contributed by atoms with Crippen molar-refractivity contribution < 1.29 is 0 Å². The van der Waals surface area contributed by atoms with E-state index in [2.05, 4.69) is 34.0 Å². The van der Waals surface area contributed by atoms with Crippen LogP contribution in [0.4, 0.5) is 0 Å². The van der Waals surface area contributed by atoms with Gasteiger partial charge in [-0.1, -0.05) is 18.2 Å². The van der Waals surface area contributed by atoms with Gasteiger partial charge in [0.25, 0.3) is 0 Å². The van der Waals surface area contributed by atoms with E-state index in [4.69, 9.17) is 0 Å². The van der Waals surface area contributed by atoms with Crippen LogP contribution >= 0.6 is 0 Å². The highest BCUT2D eigenvalue weighted by Gasteiger charge is 2.12. The molecule has 0 fully saturated rings. The summed E-state index contributed by atoms with van der Waals surface area (Å²) in [4.78, 5) is 4.26. The van der Waals surface area contributed by atoms with Gasteiger partial charge in [0, 0.05) is 18.6 Å². The van der Waals surface area contributed by atoms with E-state index in [0.717, 1.165) is 22.6 Å². The van der Waals surface area contributed by atoms with Crippen LogP contribution in [0.3, 0.4) is 0 Å². The summed E-state index contributed by atoms with van der Waals surface area (Å²) in [5.41, 5.74) is 3.74. The lowest BCUT2D eigenvalue weighted by Gasteiger charge is -2.06. The average molecular weight is 284 g/mol. The van der Waals surface area contributed by atoms with Gasteiger partial charge >= 0.3 is 0 Å². The molecule has 0 bridgehead atoms. The maximum absolute atomic E-state index is 9.33. The van der Waals surface area contributed by atoms with E-state index < -0.39 is 0 Å². The van der Waals surface area contributed by atoms with Crippen molar-refractivity contribution in [2.45, 2.75) is 0 Å². The zero-order valence-corrected chi connectivity index (χ0v) is 11.7. The number of nitrogens with zero attached hydrogens (tertiary/aromatic N) is 4. The molecule has 3 aromatic rings. The predicted octanol–water partition coefficient (Wildman–Crippen LogP) is 3.74. The molecular weight excluding hydrogens is 272 g/mol. The van der Waals surface area contributed by atoms with Crippen molar-refractivity contribution in [1.82, 2.24) is 9.13 Å². The Kier molecular flexibility index (Phi) is 2.77. The van der Waals surface area contributed by atoms with Gasteiger partial charge in [0.15, 0.2) is 6.19 Å². The normalized spacial score (nSPS) is 15.0. The number of hydrogen-bond donors (Lipinski definition) is 0. The van der Waals surface area contributed by atoms with Gasteiger partial charge in [-0.3, -0.25) is 9.56 Å². The summed E-state index contributed by atoms with van der Waals surface area (Å²) in [6.45, 7) is 0. The first-order valence-corrected chi connectivity index (χ1v) is 6.97. The van der Waals surface area contributed by atoms with Crippen LogP contribution in [0, 0.1) is 11.5 Å². The Labute approximate surface area is 127 Å². The van der Waals surface area contributed by atoms with Crippen molar-refractivity contribution in [2.75, 3.05) is 0 Å². The van der Waals surface area contributed by atoms with Crippen LogP contribution in [0.2, 0.25) is 0 Å². The largest absolute Gasteiger partial charge is 0.314 e. The number of hydrogen-bond acceptors (Lipinski definition) is 2. The Balaban J connectivity index is 1.95. The van der Waals surface area contributed by atoms with Gasteiger partial charge in [0.05, 0.1) is 22.6 Å². The summed E-state index contributed by atoms with van der Waals surface area (Å²) in [6, 6.07) is 12.2. The van der Waals surface area contributed by atoms with Crippen LogP contribution < -0.4 is 0 Å². The highest BCUT2D eigenvalue weighted by atomic mass is 15.0. The summed E-state index contributed by atoms with van der Waals surface area (Å²) < 4.78 is 3.65. The van der Waals surface area contributed by atoms with E-state index in [0.29, 0.717) is 0 Å². The van der Waals surface area contributed by atoms with Crippen molar-refractivity contribution in [3.63, 3.8) is 0 Å². The molecule has 0 atom stereocenters. The number of aliphatic imine (C=N–C) groups is 1. The number of fused-ring (bicyclic) bond motifs is 1. The van der Waals surface area contributed by atoms with E-state index in [9.17, 15) is 5.26 Å². The van der Waals surface area contributed by atoms with Crippen molar-refractivity contribution >= 4 is 23.2 Å². The van der Waals surface area contributed by atoms with Crippen LogP contribution in [0.15, 0.2) is 71.6 Å². The fourth-order valence-corrected chi connectivity index (χ4v) is 2.70. The molecule has 4 rings (SSSR count).